The average Bonchev–Trinajstić information content (AvgIpc) is 3.21. The van der Waals surface area contributed by atoms with E-state index in [2.05, 4.69) is 29.2 Å². The second kappa shape index (κ2) is 8.78. The van der Waals surface area contributed by atoms with Gasteiger partial charge in [-0.25, -0.2) is 4.98 Å². The van der Waals surface area contributed by atoms with Crippen LogP contribution in [0.25, 0.3) is 11.3 Å². The van der Waals surface area contributed by atoms with E-state index in [1.165, 1.54) is 11.3 Å². The summed E-state index contributed by atoms with van der Waals surface area (Å²) in [5.41, 5.74) is 5.79. The van der Waals surface area contributed by atoms with Crippen molar-refractivity contribution in [1.82, 2.24) is 14.8 Å². The summed E-state index contributed by atoms with van der Waals surface area (Å²) in [5.74, 6) is 1.18. The van der Waals surface area contributed by atoms with Crippen LogP contribution in [0.5, 0.6) is 5.75 Å². The van der Waals surface area contributed by atoms with Gasteiger partial charge in [-0.15, -0.1) is 11.3 Å². The molecule has 3 rings (SSSR count). The zero-order chi connectivity index (χ0) is 21.1. The van der Waals surface area contributed by atoms with Crippen molar-refractivity contribution in [2.75, 3.05) is 12.4 Å². The molecule has 0 saturated heterocycles. The molecule has 1 amide bonds. The lowest BCUT2D eigenvalue weighted by atomic mass is 10.1. The van der Waals surface area contributed by atoms with Crippen LogP contribution in [0.3, 0.4) is 0 Å². The molecule has 154 valence electrons. The van der Waals surface area contributed by atoms with E-state index in [4.69, 9.17) is 4.74 Å². The first kappa shape index (κ1) is 21.0. The highest BCUT2D eigenvalue weighted by atomic mass is 32.1. The van der Waals surface area contributed by atoms with E-state index in [-0.39, 0.29) is 5.91 Å². The maximum Gasteiger partial charge on any atom is 0.230 e. The molecule has 7 heteroatoms. The Balaban J connectivity index is 1.73. The van der Waals surface area contributed by atoms with Gasteiger partial charge >= 0.3 is 0 Å². The molecule has 0 bridgehead atoms. The van der Waals surface area contributed by atoms with Gasteiger partial charge in [0.15, 0.2) is 5.13 Å². The number of nitrogens with zero attached hydrogens (tertiary/aromatic N) is 3. The minimum absolute atomic E-state index is 0.0857. The van der Waals surface area contributed by atoms with Gasteiger partial charge in [0.05, 0.1) is 24.9 Å². The fraction of sp³-hybridized carbons (Fsp3) is 0.409. The molecule has 6 nitrogen and oxygen atoms in total. The number of aromatic nitrogens is 3. The second-order valence-corrected chi connectivity index (χ2v) is 8.55. The fourth-order valence-electron chi connectivity index (χ4n) is 3.31. The first-order chi connectivity index (χ1) is 13.8. The van der Waals surface area contributed by atoms with E-state index in [1.54, 1.807) is 7.11 Å². The molecular weight excluding hydrogens is 384 g/mol. The molecule has 0 aliphatic heterocycles. The Morgan fingerprint density at radius 2 is 2.03 bits per heavy atom. The van der Waals surface area contributed by atoms with Crippen LogP contribution in [0.15, 0.2) is 23.6 Å². The Morgan fingerprint density at radius 3 is 2.72 bits per heavy atom. The van der Waals surface area contributed by atoms with Crippen molar-refractivity contribution in [1.29, 1.82) is 0 Å². The van der Waals surface area contributed by atoms with Crippen LogP contribution in [0.4, 0.5) is 5.13 Å². The normalized spacial score (nSPS) is 11.1. The van der Waals surface area contributed by atoms with Crippen LogP contribution >= 0.6 is 11.3 Å². The monoisotopic (exact) mass is 412 g/mol. The summed E-state index contributed by atoms with van der Waals surface area (Å²) < 4.78 is 7.44. The van der Waals surface area contributed by atoms with Crippen molar-refractivity contribution in [2.24, 2.45) is 5.92 Å². The van der Waals surface area contributed by atoms with E-state index in [9.17, 15) is 4.79 Å². The van der Waals surface area contributed by atoms with Gasteiger partial charge in [-0.2, -0.15) is 5.10 Å². The SMILES string of the molecule is COc1ccc(C)cc1-c1csc(NC(=O)Cc2c(C)nn(CC(C)C)c2C)n1. The van der Waals surface area contributed by atoms with Gasteiger partial charge in [0.1, 0.15) is 5.75 Å². The molecule has 29 heavy (non-hydrogen) atoms. The summed E-state index contributed by atoms with van der Waals surface area (Å²) in [6.07, 6.45) is 0.290. The van der Waals surface area contributed by atoms with Gasteiger partial charge in [0, 0.05) is 28.7 Å². The van der Waals surface area contributed by atoms with Crippen molar-refractivity contribution in [3.8, 4) is 17.0 Å². The van der Waals surface area contributed by atoms with Crippen LogP contribution in [-0.4, -0.2) is 27.8 Å². The highest BCUT2D eigenvalue weighted by Crippen LogP contribution is 2.33. The number of carbonyl (C=O) groups is 1. The maximum absolute atomic E-state index is 12.6. The molecule has 1 N–H and O–H groups in total. The van der Waals surface area contributed by atoms with Crippen LogP contribution in [0.1, 0.15) is 36.4 Å². The minimum Gasteiger partial charge on any atom is -0.496 e. The molecule has 0 spiro atoms. The Hall–Kier alpha value is -2.67. The number of amides is 1. The summed E-state index contributed by atoms with van der Waals surface area (Å²) in [7, 11) is 1.65. The molecule has 2 aromatic heterocycles. The van der Waals surface area contributed by atoms with Crippen molar-refractivity contribution in [2.45, 2.75) is 47.6 Å². The third-order valence-electron chi connectivity index (χ3n) is 4.79. The third-order valence-corrected chi connectivity index (χ3v) is 5.55. The number of thiazole rings is 1. The summed E-state index contributed by atoms with van der Waals surface area (Å²) >= 11 is 1.41. The van der Waals surface area contributed by atoms with Crippen LogP contribution in [0, 0.1) is 26.7 Å². The maximum atomic E-state index is 12.6. The lowest BCUT2D eigenvalue weighted by Crippen LogP contribution is -2.15. The number of aryl methyl sites for hydroxylation is 2. The first-order valence-corrected chi connectivity index (χ1v) is 10.6. The van der Waals surface area contributed by atoms with E-state index < -0.39 is 0 Å². The fourth-order valence-corrected chi connectivity index (χ4v) is 4.04. The predicted octanol–water partition coefficient (Wildman–Crippen LogP) is 4.78. The molecule has 0 atom stereocenters. The Morgan fingerprint density at radius 1 is 1.28 bits per heavy atom. The summed E-state index contributed by atoms with van der Waals surface area (Å²) in [5, 5.41) is 10.0. The van der Waals surface area contributed by atoms with Crippen LogP contribution in [-0.2, 0) is 17.8 Å². The summed E-state index contributed by atoms with van der Waals surface area (Å²) in [4.78, 5) is 17.2. The number of carbonyl (C=O) groups excluding carboxylic acids is 1. The first-order valence-electron chi connectivity index (χ1n) is 9.71. The topological polar surface area (TPSA) is 69.0 Å². The zero-order valence-electron chi connectivity index (χ0n) is 17.9. The second-order valence-electron chi connectivity index (χ2n) is 7.69. The Labute approximate surface area is 175 Å². The molecule has 0 radical (unpaired) electrons. The molecular formula is C22H28N4O2S. The van der Waals surface area contributed by atoms with E-state index in [1.807, 2.05) is 49.0 Å². The molecule has 0 unspecified atom stereocenters. The molecule has 0 saturated carbocycles. The molecule has 0 aliphatic rings. The van der Waals surface area contributed by atoms with Crippen molar-refractivity contribution < 1.29 is 9.53 Å². The lowest BCUT2D eigenvalue weighted by Gasteiger charge is -2.08. The van der Waals surface area contributed by atoms with E-state index in [0.717, 1.165) is 46.1 Å². The standard InChI is InChI=1S/C22H28N4O2S/c1-13(2)11-26-16(5)17(15(4)25-26)10-21(27)24-22-23-19(12-29-22)18-9-14(3)7-8-20(18)28-6/h7-9,12-13H,10-11H2,1-6H3,(H,23,24,27). The number of hydrogen-bond donors (Lipinski definition) is 1. The highest BCUT2D eigenvalue weighted by molar-refractivity contribution is 7.14. The third kappa shape index (κ3) is 4.85. The van der Waals surface area contributed by atoms with Crippen molar-refractivity contribution in [3.05, 3.63) is 46.1 Å². The average molecular weight is 413 g/mol. The highest BCUT2D eigenvalue weighted by Gasteiger charge is 2.17. The Bertz CT molecular complexity index is 1020. The van der Waals surface area contributed by atoms with Gasteiger partial charge in [-0.05, 0) is 38.8 Å². The molecule has 0 aliphatic carbocycles. The van der Waals surface area contributed by atoms with Crippen molar-refractivity contribution >= 4 is 22.4 Å². The summed E-state index contributed by atoms with van der Waals surface area (Å²) in [6.45, 7) is 11.2. The van der Waals surface area contributed by atoms with Gasteiger partial charge in [-0.3, -0.25) is 9.48 Å². The van der Waals surface area contributed by atoms with Crippen LogP contribution in [0.2, 0.25) is 0 Å². The van der Waals surface area contributed by atoms with Gasteiger partial charge < -0.3 is 10.1 Å². The Kier molecular flexibility index (Phi) is 6.37. The number of anilines is 1. The molecule has 2 heterocycles. The zero-order valence-corrected chi connectivity index (χ0v) is 18.7. The minimum atomic E-state index is -0.0857. The predicted molar refractivity (Wildman–Crippen MR) is 118 cm³/mol. The van der Waals surface area contributed by atoms with Gasteiger partial charge in [-0.1, -0.05) is 25.5 Å². The number of ether oxygens (including phenoxy) is 1. The molecule has 1 aromatic carbocycles. The number of rotatable bonds is 7. The van der Waals surface area contributed by atoms with Crippen molar-refractivity contribution in [3.63, 3.8) is 0 Å². The van der Waals surface area contributed by atoms with Gasteiger partial charge in [0.2, 0.25) is 5.91 Å². The number of hydrogen-bond acceptors (Lipinski definition) is 5. The van der Waals surface area contributed by atoms with Gasteiger partial charge in [0.25, 0.3) is 0 Å². The van der Waals surface area contributed by atoms with E-state index >= 15 is 0 Å². The quantitative estimate of drug-likeness (QED) is 0.606. The smallest absolute Gasteiger partial charge is 0.230 e. The molecule has 0 fully saturated rings. The number of methoxy groups -OCH3 is 1. The van der Waals surface area contributed by atoms with E-state index in [0.29, 0.717) is 17.5 Å². The van der Waals surface area contributed by atoms with Crippen LogP contribution < -0.4 is 10.1 Å². The molecule has 3 aromatic rings. The number of benzene rings is 1. The summed E-state index contributed by atoms with van der Waals surface area (Å²) in [6, 6.07) is 5.97. The number of nitrogens with one attached hydrogen (secondary N) is 1. The lowest BCUT2D eigenvalue weighted by molar-refractivity contribution is -0.115. The largest absolute Gasteiger partial charge is 0.496 e.